The van der Waals surface area contributed by atoms with E-state index >= 15 is 0 Å². The predicted molar refractivity (Wildman–Crippen MR) is 122 cm³/mol. The van der Waals surface area contributed by atoms with E-state index in [2.05, 4.69) is 12.2 Å². The van der Waals surface area contributed by atoms with Gasteiger partial charge < -0.3 is 14.8 Å². The molecule has 2 aliphatic heterocycles. The first kappa shape index (κ1) is 20.0. The highest BCUT2D eigenvalue weighted by molar-refractivity contribution is 7.98. The Labute approximate surface area is 185 Å². The fourth-order valence-electron chi connectivity index (χ4n) is 4.03. The molecule has 0 saturated heterocycles. The Balaban J connectivity index is 1.34. The molecule has 0 bridgehead atoms. The summed E-state index contributed by atoms with van der Waals surface area (Å²) in [7, 11) is 0. The third-order valence-corrected chi connectivity index (χ3v) is 6.47. The summed E-state index contributed by atoms with van der Waals surface area (Å²) in [6, 6.07) is 13.9. The van der Waals surface area contributed by atoms with Gasteiger partial charge in [-0.15, -0.1) is 0 Å². The van der Waals surface area contributed by atoms with Gasteiger partial charge in [-0.25, -0.2) is 4.68 Å². The van der Waals surface area contributed by atoms with Crippen molar-refractivity contribution in [1.82, 2.24) is 9.78 Å². The van der Waals surface area contributed by atoms with Crippen LogP contribution in [0.5, 0.6) is 11.5 Å². The van der Waals surface area contributed by atoms with Gasteiger partial charge >= 0.3 is 0 Å². The van der Waals surface area contributed by atoms with Crippen molar-refractivity contribution in [2.45, 2.75) is 44.3 Å². The molecule has 1 N–H and O–H groups in total. The molecule has 0 radical (unpaired) electrons. The van der Waals surface area contributed by atoms with Gasteiger partial charge in [0, 0.05) is 29.1 Å². The molecule has 1 amide bonds. The molecule has 0 unspecified atom stereocenters. The molecule has 0 aliphatic carbocycles. The molecule has 3 heterocycles. The number of benzene rings is 2. The van der Waals surface area contributed by atoms with Crippen molar-refractivity contribution in [3.63, 3.8) is 0 Å². The van der Waals surface area contributed by atoms with Gasteiger partial charge in [0.05, 0.1) is 11.4 Å². The van der Waals surface area contributed by atoms with Gasteiger partial charge in [-0.2, -0.15) is 16.9 Å². The summed E-state index contributed by atoms with van der Waals surface area (Å²) in [5.74, 6) is 3.55. The number of ether oxygens (including phenoxy) is 2. The number of hydrogen-bond acceptors (Lipinski definition) is 5. The monoisotopic (exact) mass is 435 g/mol. The van der Waals surface area contributed by atoms with Crippen LogP contribution in [0, 0.1) is 6.92 Å². The molecular weight excluding hydrogens is 410 g/mol. The van der Waals surface area contributed by atoms with Crippen LogP contribution in [-0.2, 0) is 22.7 Å². The van der Waals surface area contributed by atoms with Gasteiger partial charge in [-0.05, 0) is 39.0 Å². The molecule has 1 aromatic heterocycles. The number of hydrogen-bond donors (Lipinski definition) is 1. The first-order chi connectivity index (χ1) is 14.9. The number of fused-ring (bicyclic) bond motifs is 2. The maximum atomic E-state index is 12.8. The molecule has 0 saturated carbocycles. The van der Waals surface area contributed by atoms with Gasteiger partial charge in [-0.1, -0.05) is 29.8 Å². The summed E-state index contributed by atoms with van der Waals surface area (Å²) in [6.45, 7) is 6.05. The lowest BCUT2D eigenvalue weighted by molar-refractivity contribution is -0.118. The van der Waals surface area contributed by atoms with E-state index < -0.39 is 0 Å². The number of aryl methyl sites for hydroxylation is 1. The fraction of sp³-hybridized carbons (Fsp3) is 0.333. The van der Waals surface area contributed by atoms with Gasteiger partial charge in [0.25, 0.3) is 5.91 Å². The van der Waals surface area contributed by atoms with E-state index in [-0.39, 0.29) is 18.1 Å². The molecule has 7 heteroatoms. The quantitative estimate of drug-likeness (QED) is 0.632. The van der Waals surface area contributed by atoms with Crippen LogP contribution >= 0.6 is 11.8 Å². The second-order valence-corrected chi connectivity index (χ2v) is 9.62. The number of amides is 1. The Kier molecular flexibility index (Phi) is 4.93. The molecule has 0 fully saturated rings. The summed E-state index contributed by atoms with van der Waals surface area (Å²) < 4.78 is 13.7. The highest BCUT2D eigenvalue weighted by atomic mass is 32.2. The van der Waals surface area contributed by atoms with Crippen LogP contribution < -0.4 is 14.8 Å². The van der Waals surface area contributed by atoms with Crippen LogP contribution in [0.15, 0.2) is 42.5 Å². The molecule has 160 valence electrons. The summed E-state index contributed by atoms with van der Waals surface area (Å²) in [5.41, 5.74) is 5.07. The lowest BCUT2D eigenvalue weighted by atomic mass is 10.0. The Hall–Kier alpha value is -2.93. The summed E-state index contributed by atoms with van der Waals surface area (Å²) in [5, 5.41) is 7.79. The molecule has 0 atom stereocenters. The lowest BCUT2D eigenvalue weighted by Crippen LogP contribution is -2.25. The van der Waals surface area contributed by atoms with Crippen LogP contribution in [-0.4, -0.2) is 27.9 Å². The Morgan fingerprint density at radius 3 is 2.84 bits per heavy atom. The van der Waals surface area contributed by atoms with E-state index in [0.29, 0.717) is 5.75 Å². The van der Waals surface area contributed by atoms with Crippen molar-refractivity contribution in [2.24, 2.45) is 0 Å². The lowest BCUT2D eigenvalue weighted by Gasteiger charge is -2.18. The van der Waals surface area contributed by atoms with Gasteiger partial charge in [0.1, 0.15) is 11.4 Å². The van der Waals surface area contributed by atoms with Crippen molar-refractivity contribution in [1.29, 1.82) is 0 Å². The maximum Gasteiger partial charge on any atom is 0.263 e. The smallest absolute Gasteiger partial charge is 0.263 e. The van der Waals surface area contributed by atoms with Crippen LogP contribution in [0.4, 0.5) is 5.82 Å². The fourth-order valence-corrected chi connectivity index (χ4v) is 5.06. The minimum Gasteiger partial charge on any atom is -0.483 e. The Bertz CT molecular complexity index is 1150. The van der Waals surface area contributed by atoms with E-state index in [4.69, 9.17) is 14.6 Å². The van der Waals surface area contributed by atoms with Crippen molar-refractivity contribution < 1.29 is 14.3 Å². The Morgan fingerprint density at radius 1 is 1.23 bits per heavy atom. The number of aromatic nitrogens is 2. The number of carbonyl (C=O) groups excluding carboxylic acids is 1. The standard InChI is InChI=1S/C24H25N3O3S/c1-15-7-9-17(10-8-15)27-23(18-13-31-14-19(18)26-27)25-21(28)12-29-20-6-4-5-16-11-24(2,3)30-22(16)20/h4-10H,11-14H2,1-3H3,(H,25,28). The van der Waals surface area contributed by atoms with Crippen LogP contribution in [0.2, 0.25) is 0 Å². The predicted octanol–water partition coefficient (Wildman–Crippen LogP) is 4.66. The van der Waals surface area contributed by atoms with Gasteiger partial charge in [0.2, 0.25) is 0 Å². The number of nitrogens with one attached hydrogen (secondary N) is 1. The number of thioether (sulfide) groups is 1. The SMILES string of the molecule is Cc1ccc(-n2nc3c(c2NC(=O)COc2cccc4c2OC(C)(C)C4)CSC3)cc1. The topological polar surface area (TPSA) is 65.4 Å². The van der Waals surface area contributed by atoms with Crippen molar-refractivity contribution in [2.75, 3.05) is 11.9 Å². The average Bonchev–Trinajstić information content (AvgIpc) is 3.40. The van der Waals surface area contributed by atoms with E-state index in [1.54, 1.807) is 11.8 Å². The van der Waals surface area contributed by atoms with E-state index in [1.807, 2.05) is 61.0 Å². The number of rotatable bonds is 5. The summed E-state index contributed by atoms with van der Waals surface area (Å²) in [6.07, 6.45) is 0.825. The van der Waals surface area contributed by atoms with Gasteiger partial charge in [0.15, 0.2) is 18.1 Å². The van der Waals surface area contributed by atoms with Crippen molar-refractivity contribution in [3.8, 4) is 17.2 Å². The Morgan fingerprint density at radius 2 is 2.03 bits per heavy atom. The van der Waals surface area contributed by atoms with Crippen LogP contribution in [0.1, 0.15) is 36.2 Å². The summed E-state index contributed by atoms with van der Waals surface area (Å²) >= 11 is 1.81. The zero-order valence-electron chi connectivity index (χ0n) is 17.9. The molecule has 6 nitrogen and oxygen atoms in total. The molecule has 31 heavy (non-hydrogen) atoms. The van der Waals surface area contributed by atoms with Crippen molar-refractivity contribution in [3.05, 3.63) is 64.8 Å². The largest absolute Gasteiger partial charge is 0.483 e. The minimum atomic E-state index is -0.261. The zero-order valence-corrected chi connectivity index (χ0v) is 18.7. The first-order valence-electron chi connectivity index (χ1n) is 10.4. The minimum absolute atomic E-state index is 0.0960. The highest BCUT2D eigenvalue weighted by Gasteiger charge is 2.32. The second kappa shape index (κ2) is 7.64. The summed E-state index contributed by atoms with van der Waals surface area (Å²) in [4.78, 5) is 12.8. The van der Waals surface area contributed by atoms with Crippen LogP contribution in [0.3, 0.4) is 0 Å². The molecule has 2 aliphatic rings. The third-order valence-electron chi connectivity index (χ3n) is 5.50. The normalized spacial score (nSPS) is 15.8. The van der Waals surface area contributed by atoms with Crippen molar-refractivity contribution >= 4 is 23.5 Å². The molecular formula is C24H25N3O3S. The maximum absolute atomic E-state index is 12.8. The van der Waals surface area contributed by atoms with E-state index in [1.165, 1.54) is 5.56 Å². The first-order valence-corrected chi connectivity index (χ1v) is 11.5. The number of carbonyl (C=O) groups is 1. The van der Waals surface area contributed by atoms with Gasteiger partial charge in [-0.3, -0.25) is 4.79 Å². The molecule has 5 rings (SSSR count). The third kappa shape index (κ3) is 3.90. The number of nitrogens with zero attached hydrogens (tertiary/aromatic N) is 2. The second-order valence-electron chi connectivity index (χ2n) is 8.63. The molecule has 2 aromatic carbocycles. The highest BCUT2D eigenvalue weighted by Crippen LogP contribution is 2.42. The van der Waals surface area contributed by atoms with E-state index in [0.717, 1.165) is 52.0 Å². The zero-order chi connectivity index (χ0) is 21.6. The van der Waals surface area contributed by atoms with Crippen LogP contribution in [0.25, 0.3) is 5.69 Å². The molecule has 3 aromatic rings. The molecule has 0 spiro atoms. The number of anilines is 1. The number of para-hydroxylation sites is 1. The van der Waals surface area contributed by atoms with E-state index in [9.17, 15) is 4.79 Å². The average molecular weight is 436 g/mol.